The van der Waals surface area contributed by atoms with E-state index < -0.39 is 10.0 Å². The third kappa shape index (κ3) is 5.11. The highest BCUT2D eigenvalue weighted by molar-refractivity contribution is 7.91. The second-order valence-electron chi connectivity index (χ2n) is 6.47. The molecule has 1 atom stereocenters. The average Bonchev–Trinajstić information content (AvgIpc) is 3.24. The molecule has 1 aliphatic heterocycles. The summed E-state index contributed by atoms with van der Waals surface area (Å²) in [5.74, 6) is 0.747. The Labute approximate surface area is 170 Å². The van der Waals surface area contributed by atoms with Crippen LogP contribution in [0.15, 0.2) is 51.0 Å². The van der Waals surface area contributed by atoms with Crippen LogP contribution in [-0.4, -0.2) is 59.1 Å². The van der Waals surface area contributed by atoms with Crippen LogP contribution in [-0.2, 0) is 14.8 Å². The molecule has 1 unspecified atom stereocenters. The van der Waals surface area contributed by atoms with Gasteiger partial charge in [-0.15, -0.1) is 11.3 Å². The van der Waals surface area contributed by atoms with Crippen LogP contribution >= 0.6 is 11.3 Å². The third-order valence-electron chi connectivity index (χ3n) is 4.57. The highest BCUT2D eigenvalue weighted by Gasteiger charge is 2.25. The van der Waals surface area contributed by atoms with Gasteiger partial charge in [0.25, 0.3) is 0 Å². The number of guanidine groups is 1. The number of sulfonamides is 1. The summed E-state index contributed by atoms with van der Waals surface area (Å²) in [6.45, 7) is 4.87. The molecule has 1 saturated heterocycles. The smallest absolute Gasteiger partial charge is 0.250 e. The average molecular weight is 423 g/mol. The lowest BCUT2D eigenvalue weighted by Crippen LogP contribution is -2.49. The van der Waals surface area contributed by atoms with Gasteiger partial charge in [0.1, 0.15) is 10.3 Å². The Kier molecular flexibility index (Phi) is 7.06. The molecule has 3 rings (SSSR count). The predicted molar refractivity (Wildman–Crippen MR) is 112 cm³/mol. The van der Waals surface area contributed by atoms with Gasteiger partial charge in [-0.1, -0.05) is 30.3 Å². The first-order chi connectivity index (χ1) is 13.5. The van der Waals surface area contributed by atoms with E-state index >= 15 is 0 Å². The van der Waals surface area contributed by atoms with Crippen molar-refractivity contribution in [1.29, 1.82) is 0 Å². The minimum absolute atomic E-state index is 0.00849. The lowest BCUT2D eigenvalue weighted by atomic mass is 10.0. The number of aliphatic imine (C=N–C) groups is 1. The van der Waals surface area contributed by atoms with Gasteiger partial charge in [-0.3, -0.25) is 4.99 Å². The Morgan fingerprint density at radius 1 is 1.29 bits per heavy atom. The van der Waals surface area contributed by atoms with E-state index in [1.54, 1.807) is 24.6 Å². The molecule has 0 amide bonds. The fourth-order valence-corrected chi connectivity index (χ4v) is 5.23. The Morgan fingerprint density at radius 2 is 2.11 bits per heavy atom. The minimum atomic E-state index is -3.44. The molecule has 0 bridgehead atoms. The van der Waals surface area contributed by atoms with Crippen molar-refractivity contribution in [2.24, 2.45) is 4.99 Å². The van der Waals surface area contributed by atoms with Gasteiger partial charge >= 0.3 is 0 Å². The lowest BCUT2D eigenvalue weighted by molar-refractivity contribution is -0.00828. The fraction of sp³-hybridized carbons (Fsp3) is 0.421. The number of hydrogen-bond acceptors (Lipinski definition) is 5. The van der Waals surface area contributed by atoms with E-state index in [0.717, 1.165) is 12.5 Å². The molecule has 1 aromatic heterocycles. The van der Waals surface area contributed by atoms with Gasteiger partial charge in [-0.25, -0.2) is 13.1 Å². The van der Waals surface area contributed by atoms with Gasteiger partial charge in [0.2, 0.25) is 10.0 Å². The van der Waals surface area contributed by atoms with Gasteiger partial charge in [0.15, 0.2) is 5.96 Å². The molecule has 0 saturated carbocycles. The molecule has 9 heteroatoms. The first-order valence-electron chi connectivity index (χ1n) is 9.17. The van der Waals surface area contributed by atoms with Crippen molar-refractivity contribution >= 4 is 27.3 Å². The van der Waals surface area contributed by atoms with Crippen LogP contribution in [0.3, 0.4) is 0 Å². The quantitative estimate of drug-likeness (QED) is 0.423. The van der Waals surface area contributed by atoms with Crippen molar-refractivity contribution in [2.75, 3.05) is 39.8 Å². The van der Waals surface area contributed by atoms with E-state index in [4.69, 9.17) is 4.74 Å². The molecule has 2 heterocycles. The number of rotatable bonds is 6. The molecule has 0 spiro atoms. The topological polar surface area (TPSA) is 83.0 Å². The molecule has 2 aromatic rings. The molecular formula is C19H26N4O3S2. The number of benzene rings is 1. The monoisotopic (exact) mass is 422 g/mol. The largest absolute Gasteiger partial charge is 0.370 e. The molecule has 7 nitrogen and oxygen atoms in total. The molecule has 1 aliphatic rings. The van der Waals surface area contributed by atoms with Crippen LogP contribution in [0.5, 0.6) is 0 Å². The molecule has 152 valence electrons. The van der Waals surface area contributed by atoms with Crippen molar-refractivity contribution in [3.63, 3.8) is 0 Å². The molecule has 1 aromatic carbocycles. The molecule has 2 N–H and O–H groups in total. The standard InChI is InChI=1S/C19H26N4O3S2/c1-15-6-3-4-7-16(15)17-14-23(11-12-26-17)19(20-2)21-9-10-22-28(24,25)18-8-5-13-27-18/h3-8,13,17,22H,9-12,14H2,1-2H3,(H,20,21). The summed E-state index contributed by atoms with van der Waals surface area (Å²) in [5.41, 5.74) is 2.40. The van der Waals surface area contributed by atoms with Crippen LogP contribution in [0.4, 0.5) is 0 Å². The lowest BCUT2D eigenvalue weighted by Gasteiger charge is -2.35. The van der Waals surface area contributed by atoms with Crippen LogP contribution in [0.1, 0.15) is 17.2 Å². The summed E-state index contributed by atoms with van der Waals surface area (Å²) in [4.78, 5) is 6.49. The van der Waals surface area contributed by atoms with E-state index in [2.05, 4.69) is 39.0 Å². The van der Waals surface area contributed by atoms with Crippen LogP contribution < -0.4 is 10.0 Å². The van der Waals surface area contributed by atoms with Gasteiger partial charge in [-0.2, -0.15) is 0 Å². The van der Waals surface area contributed by atoms with Crippen LogP contribution in [0, 0.1) is 6.92 Å². The van der Waals surface area contributed by atoms with Gasteiger partial charge in [0.05, 0.1) is 13.2 Å². The third-order valence-corrected chi connectivity index (χ3v) is 7.43. The van der Waals surface area contributed by atoms with E-state index in [0.29, 0.717) is 23.9 Å². The number of morpholine rings is 1. The van der Waals surface area contributed by atoms with Crippen LogP contribution in [0.2, 0.25) is 0 Å². The van der Waals surface area contributed by atoms with E-state index in [9.17, 15) is 8.42 Å². The SMILES string of the molecule is CN=C(NCCNS(=O)(=O)c1cccs1)N1CCOC(c2ccccc2C)C1. The number of nitrogens with zero attached hydrogens (tertiary/aromatic N) is 2. The molecular weight excluding hydrogens is 396 g/mol. The number of aryl methyl sites for hydroxylation is 1. The molecule has 1 fully saturated rings. The Bertz CT molecular complexity index is 898. The second kappa shape index (κ2) is 9.51. The summed E-state index contributed by atoms with van der Waals surface area (Å²) in [6, 6.07) is 11.6. The number of nitrogens with one attached hydrogen (secondary N) is 2. The maximum atomic E-state index is 12.2. The molecule has 0 radical (unpaired) electrons. The van der Waals surface area contributed by atoms with E-state index in [1.807, 2.05) is 12.1 Å². The van der Waals surface area contributed by atoms with E-state index in [1.165, 1.54) is 22.5 Å². The first-order valence-corrected chi connectivity index (χ1v) is 11.5. The molecule has 0 aliphatic carbocycles. The zero-order valence-electron chi connectivity index (χ0n) is 16.1. The first kappa shape index (κ1) is 20.8. The van der Waals surface area contributed by atoms with Crippen molar-refractivity contribution in [2.45, 2.75) is 17.2 Å². The van der Waals surface area contributed by atoms with Crippen molar-refractivity contribution in [3.8, 4) is 0 Å². The molecule has 28 heavy (non-hydrogen) atoms. The van der Waals surface area contributed by atoms with Crippen molar-refractivity contribution in [3.05, 3.63) is 52.9 Å². The highest BCUT2D eigenvalue weighted by Crippen LogP contribution is 2.24. The predicted octanol–water partition coefficient (Wildman–Crippen LogP) is 1.98. The Balaban J connectivity index is 1.53. The Morgan fingerprint density at radius 3 is 2.82 bits per heavy atom. The highest BCUT2D eigenvalue weighted by atomic mass is 32.2. The van der Waals surface area contributed by atoms with Gasteiger partial charge < -0.3 is 15.0 Å². The summed E-state index contributed by atoms with van der Waals surface area (Å²) >= 11 is 1.20. The summed E-state index contributed by atoms with van der Waals surface area (Å²) in [7, 11) is -1.71. The summed E-state index contributed by atoms with van der Waals surface area (Å²) in [5, 5.41) is 4.99. The number of hydrogen-bond donors (Lipinski definition) is 2. The van der Waals surface area contributed by atoms with Crippen LogP contribution in [0.25, 0.3) is 0 Å². The Hall–Kier alpha value is -1.94. The zero-order valence-corrected chi connectivity index (χ0v) is 17.7. The summed E-state index contributed by atoms with van der Waals surface area (Å²) < 4.78 is 33.2. The van der Waals surface area contributed by atoms with E-state index in [-0.39, 0.29) is 12.6 Å². The number of thiophene rings is 1. The zero-order chi connectivity index (χ0) is 20.0. The second-order valence-corrected chi connectivity index (χ2v) is 9.41. The normalized spacial score (nSPS) is 18.3. The summed E-state index contributed by atoms with van der Waals surface area (Å²) in [6.07, 6.45) is -0.00849. The number of ether oxygens (including phenoxy) is 1. The maximum absolute atomic E-state index is 12.2. The maximum Gasteiger partial charge on any atom is 0.250 e. The van der Waals surface area contributed by atoms with Gasteiger partial charge in [0, 0.05) is 26.7 Å². The van der Waals surface area contributed by atoms with Gasteiger partial charge in [-0.05, 0) is 29.5 Å². The van der Waals surface area contributed by atoms with Crippen molar-refractivity contribution < 1.29 is 13.2 Å². The van der Waals surface area contributed by atoms with Crippen molar-refractivity contribution in [1.82, 2.24) is 14.9 Å². The fourth-order valence-electron chi connectivity index (χ4n) is 3.16. The minimum Gasteiger partial charge on any atom is -0.370 e.